The number of benzene rings is 1. The van der Waals surface area contributed by atoms with Crippen LogP contribution in [0.4, 0.5) is 8.78 Å². The van der Waals surface area contributed by atoms with Crippen molar-refractivity contribution in [2.45, 2.75) is 31.0 Å². The van der Waals surface area contributed by atoms with E-state index >= 15 is 0 Å². The number of H-pyrrole nitrogens is 1. The summed E-state index contributed by atoms with van der Waals surface area (Å²) >= 11 is 0. The summed E-state index contributed by atoms with van der Waals surface area (Å²) in [5.74, 6) is -1.05. The van der Waals surface area contributed by atoms with Gasteiger partial charge in [0.15, 0.2) is 17.6 Å². The Morgan fingerprint density at radius 2 is 2.04 bits per heavy atom. The molecular formula is C16H16F2N2O7P+. The maximum atomic E-state index is 15.0. The minimum atomic E-state index is -2.65. The van der Waals surface area contributed by atoms with Gasteiger partial charge in [-0.2, -0.15) is 4.39 Å². The van der Waals surface area contributed by atoms with Crippen LogP contribution in [0.5, 0.6) is 5.75 Å². The lowest BCUT2D eigenvalue weighted by Gasteiger charge is -2.24. The first-order valence-corrected chi connectivity index (χ1v) is 9.16. The van der Waals surface area contributed by atoms with Gasteiger partial charge in [-0.15, -0.1) is 4.52 Å². The fraction of sp³-hybridized carbons (Fsp3) is 0.375. The molecule has 5 atom stereocenters. The lowest BCUT2D eigenvalue weighted by Crippen LogP contribution is -2.44. The molecule has 2 heterocycles. The van der Waals surface area contributed by atoms with E-state index in [9.17, 15) is 28.0 Å². The molecule has 1 aliphatic heterocycles. The van der Waals surface area contributed by atoms with Crippen LogP contribution < -0.4 is 15.8 Å². The Balaban J connectivity index is 1.71. The van der Waals surface area contributed by atoms with Crippen molar-refractivity contribution < 1.29 is 32.2 Å². The minimum absolute atomic E-state index is 0.278. The van der Waals surface area contributed by atoms with Gasteiger partial charge in [-0.3, -0.25) is 14.3 Å². The van der Waals surface area contributed by atoms with E-state index in [1.165, 1.54) is 0 Å². The molecule has 12 heteroatoms. The van der Waals surface area contributed by atoms with Gasteiger partial charge in [0, 0.05) is 4.57 Å². The Morgan fingerprint density at radius 3 is 2.71 bits per heavy atom. The van der Waals surface area contributed by atoms with Gasteiger partial charge in [0.2, 0.25) is 5.82 Å². The average Bonchev–Trinajstić information content (AvgIpc) is 2.87. The predicted octanol–water partition coefficient (Wildman–Crippen LogP) is 1.42. The van der Waals surface area contributed by atoms with E-state index in [1.807, 2.05) is 0 Å². The molecule has 0 bridgehead atoms. The van der Waals surface area contributed by atoms with Gasteiger partial charge in [-0.1, -0.05) is 18.2 Å². The number of para-hydroxylation sites is 1. The van der Waals surface area contributed by atoms with Crippen molar-refractivity contribution in [1.82, 2.24) is 9.55 Å². The smallest absolute Gasteiger partial charge is 0.387 e. The number of aliphatic hydroxyl groups excluding tert-OH is 1. The molecular weight excluding hydrogens is 401 g/mol. The molecule has 2 N–H and O–H groups in total. The van der Waals surface area contributed by atoms with E-state index in [0.717, 1.165) is 6.92 Å². The maximum Gasteiger partial charge on any atom is 0.750 e. The first-order valence-electron chi connectivity index (χ1n) is 8.06. The highest BCUT2D eigenvalue weighted by Gasteiger charge is 2.56. The number of rotatable bonds is 6. The number of nitrogens with zero attached hydrogens (tertiary/aromatic N) is 1. The molecule has 0 saturated carbocycles. The summed E-state index contributed by atoms with van der Waals surface area (Å²) in [7, 11) is -2.65. The van der Waals surface area contributed by atoms with Crippen LogP contribution >= 0.6 is 8.25 Å². The van der Waals surface area contributed by atoms with E-state index in [0.29, 0.717) is 10.8 Å². The Labute approximate surface area is 157 Å². The lowest BCUT2D eigenvalue weighted by molar-refractivity contribution is -0.0591. The van der Waals surface area contributed by atoms with E-state index in [1.54, 1.807) is 35.3 Å². The zero-order valence-corrected chi connectivity index (χ0v) is 15.3. The second kappa shape index (κ2) is 7.88. The summed E-state index contributed by atoms with van der Waals surface area (Å²) in [5, 5.41) is 10.2. The second-order valence-corrected chi connectivity index (χ2v) is 7.08. The van der Waals surface area contributed by atoms with Crippen molar-refractivity contribution in [1.29, 1.82) is 0 Å². The van der Waals surface area contributed by atoms with Crippen LogP contribution in [0.3, 0.4) is 0 Å². The molecule has 0 aliphatic carbocycles. The van der Waals surface area contributed by atoms with Crippen molar-refractivity contribution in [3.8, 4) is 5.75 Å². The highest BCUT2D eigenvalue weighted by atomic mass is 31.1. The molecule has 3 rings (SSSR count). The zero-order chi connectivity index (χ0) is 20.5. The summed E-state index contributed by atoms with van der Waals surface area (Å²) in [4.78, 5) is 24.7. The van der Waals surface area contributed by atoms with Crippen molar-refractivity contribution in [3.05, 3.63) is 63.2 Å². The number of hydrogen-bond acceptors (Lipinski definition) is 7. The predicted molar refractivity (Wildman–Crippen MR) is 91.3 cm³/mol. The highest BCUT2D eigenvalue weighted by molar-refractivity contribution is 7.33. The molecule has 2 aromatic rings. The lowest BCUT2D eigenvalue weighted by atomic mass is 9.98. The fourth-order valence-electron chi connectivity index (χ4n) is 2.71. The molecule has 9 nitrogen and oxygen atoms in total. The second-order valence-electron chi connectivity index (χ2n) is 6.19. The van der Waals surface area contributed by atoms with Gasteiger partial charge >= 0.3 is 13.9 Å². The monoisotopic (exact) mass is 417 g/mol. The summed E-state index contributed by atoms with van der Waals surface area (Å²) in [6.45, 7) is 0.415. The van der Waals surface area contributed by atoms with E-state index in [-0.39, 0.29) is 5.75 Å². The molecule has 1 saturated heterocycles. The number of ether oxygens (including phenoxy) is 1. The third-order valence-electron chi connectivity index (χ3n) is 4.16. The molecule has 0 amide bonds. The quantitative estimate of drug-likeness (QED) is 0.682. The standard InChI is InChI=1S/C16H15F2N2O7P/c1-16(18)12(21)11(8-25-28(24)27-9-5-3-2-4-6-9)26-14(16)20-7-10(17)13(22)19-15(20)23/h2-7,11-12,14,21H,8H2,1H3/p+1/t11-,12+,14-,16?/m1/s1. The SMILES string of the molecule is CC1(F)[C@@H](O)[C@@H](CO[P+](=O)Oc2ccccc2)O[C@H]1n1cc(F)c(=O)[nH]c1=O. The Morgan fingerprint density at radius 1 is 1.36 bits per heavy atom. The van der Waals surface area contributed by atoms with Crippen LogP contribution in [-0.2, 0) is 13.8 Å². The van der Waals surface area contributed by atoms with Crippen LogP contribution in [0.2, 0.25) is 0 Å². The highest BCUT2D eigenvalue weighted by Crippen LogP contribution is 2.41. The van der Waals surface area contributed by atoms with Gasteiger partial charge < -0.3 is 9.84 Å². The molecule has 0 radical (unpaired) electrons. The van der Waals surface area contributed by atoms with Crippen molar-refractivity contribution in [3.63, 3.8) is 0 Å². The first-order chi connectivity index (χ1) is 13.2. The molecule has 0 spiro atoms. The van der Waals surface area contributed by atoms with E-state index in [4.69, 9.17) is 13.8 Å². The molecule has 1 aliphatic rings. The van der Waals surface area contributed by atoms with Crippen LogP contribution in [-0.4, -0.2) is 39.1 Å². The molecule has 28 heavy (non-hydrogen) atoms. The van der Waals surface area contributed by atoms with E-state index in [2.05, 4.69) is 0 Å². The first kappa shape index (κ1) is 20.3. The third-order valence-corrected chi connectivity index (χ3v) is 4.88. The Kier molecular flexibility index (Phi) is 5.71. The summed E-state index contributed by atoms with van der Waals surface area (Å²) in [5.41, 5.74) is -4.92. The van der Waals surface area contributed by atoms with Gasteiger partial charge in [-0.05, 0) is 19.1 Å². The Bertz CT molecular complexity index is 979. The number of halogens is 2. The Hall–Kier alpha value is -2.46. The molecule has 150 valence electrons. The van der Waals surface area contributed by atoms with Gasteiger partial charge in [0.1, 0.15) is 18.8 Å². The molecule has 1 aromatic carbocycles. The zero-order valence-electron chi connectivity index (χ0n) is 14.5. The fourth-order valence-corrected chi connectivity index (χ4v) is 3.33. The van der Waals surface area contributed by atoms with Crippen molar-refractivity contribution >= 4 is 8.25 Å². The number of aromatic amines is 1. The topological polar surface area (TPSA) is 120 Å². The largest absolute Gasteiger partial charge is 0.750 e. The average molecular weight is 417 g/mol. The van der Waals surface area contributed by atoms with Crippen LogP contribution in [0.15, 0.2) is 46.1 Å². The molecule has 2 unspecified atom stereocenters. The number of alkyl halides is 1. The number of nitrogens with one attached hydrogen (secondary N) is 1. The van der Waals surface area contributed by atoms with Gasteiger partial charge in [0.05, 0.1) is 6.20 Å². The normalized spacial score (nSPS) is 27.6. The van der Waals surface area contributed by atoms with Gasteiger partial charge in [-0.25, -0.2) is 13.7 Å². The number of aromatic nitrogens is 2. The van der Waals surface area contributed by atoms with Crippen LogP contribution in [0.25, 0.3) is 0 Å². The maximum absolute atomic E-state index is 15.0. The minimum Gasteiger partial charge on any atom is -0.387 e. The molecule has 1 aromatic heterocycles. The number of aliphatic hydroxyl groups is 1. The third kappa shape index (κ3) is 4.02. The van der Waals surface area contributed by atoms with Crippen molar-refractivity contribution in [2.24, 2.45) is 0 Å². The van der Waals surface area contributed by atoms with E-state index < -0.39 is 56.0 Å². The van der Waals surface area contributed by atoms with Crippen molar-refractivity contribution in [2.75, 3.05) is 6.61 Å². The summed E-state index contributed by atoms with van der Waals surface area (Å²) < 4.78 is 56.1. The van der Waals surface area contributed by atoms with Crippen LogP contribution in [0.1, 0.15) is 13.2 Å². The summed E-state index contributed by atoms with van der Waals surface area (Å²) in [6, 6.07) is 8.13. The summed E-state index contributed by atoms with van der Waals surface area (Å²) in [6.07, 6.45) is -4.39. The number of hydrogen-bond donors (Lipinski definition) is 2. The molecule has 1 fully saturated rings. The van der Waals surface area contributed by atoms with Crippen LogP contribution in [0, 0.1) is 5.82 Å². The van der Waals surface area contributed by atoms with Gasteiger partial charge in [0.25, 0.3) is 5.56 Å².